The lowest BCUT2D eigenvalue weighted by atomic mass is 9.85. The third-order valence-corrected chi connectivity index (χ3v) is 5.56. The minimum absolute atomic E-state index is 0.0297. The van der Waals surface area contributed by atoms with Gasteiger partial charge in [-0.3, -0.25) is 9.59 Å². The van der Waals surface area contributed by atoms with Crippen molar-refractivity contribution >= 4 is 11.7 Å². The molecule has 0 radical (unpaired) electrons. The third kappa shape index (κ3) is 4.71. The zero-order valence-electron chi connectivity index (χ0n) is 16.2. The van der Waals surface area contributed by atoms with Crippen molar-refractivity contribution in [1.82, 2.24) is 4.90 Å². The van der Waals surface area contributed by atoms with Gasteiger partial charge in [0.05, 0.1) is 18.2 Å². The second-order valence-corrected chi connectivity index (χ2v) is 7.41. The molecule has 1 saturated heterocycles. The van der Waals surface area contributed by atoms with E-state index >= 15 is 0 Å². The van der Waals surface area contributed by atoms with Crippen LogP contribution in [0.3, 0.4) is 0 Å². The number of likely N-dealkylation sites (tertiary alicyclic amines) is 1. The van der Waals surface area contributed by atoms with E-state index in [0.29, 0.717) is 0 Å². The van der Waals surface area contributed by atoms with Crippen molar-refractivity contribution in [1.29, 1.82) is 0 Å². The number of rotatable bonds is 8. The highest BCUT2D eigenvalue weighted by Crippen LogP contribution is 2.30. The summed E-state index contributed by atoms with van der Waals surface area (Å²) < 4.78 is 5.65. The number of aliphatic hydroxyl groups excluding tert-OH is 1. The van der Waals surface area contributed by atoms with E-state index in [2.05, 4.69) is 0 Å². The number of hydrogen-bond acceptors (Lipinski definition) is 4. The number of Topliss-reactive ketones (excluding diaryl/α,β-unsaturated/α-hetero) is 1. The summed E-state index contributed by atoms with van der Waals surface area (Å²) in [5.41, 5.74) is 0.822. The number of aliphatic hydroxyl groups is 1. The SMILES string of the molecule is CO[C@H]([C@@H](C)C(=O)C[C@H](C)[C@@H](O)c1ccccc1)[C@@H]1CCCN1C(C)=O. The van der Waals surface area contributed by atoms with E-state index in [0.717, 1.165) is 24.9 Å². The zero-order chi connectivity index (χ0) is 19.3. The number of carbonyl (C=O) groups is 2. The molecule has 0 unspecified atom stereocenters. The van der Waals surface area contributed by atoms with Gasteiger partial charge in [0.15, 0.2) is 0 Å². The molecular formula is C21H31NO4. The normalized spacial score (nSPS) is 21.9. The number of methoxy groups -OCH3 is 1. The average molecular weight is 361 g/mol. The molecule has 144 valence electrons. The molecule has 0 saturated carbocycles. The highest BCUT2D eigenvalue weighted by Gasteiger charge is 2.39. The first-order valence-electron chi connectivity index (χ1n) is 9.42. The van der Waals surface area contributed by atoms with Gasteiger partial charge in [-0.25, -0.2) is 0 Å². The maximum Gasteiger partial charge on any atom is 0.219 e. The molecule has 5 nitrogen and oxygen atoms in total. The van der Waals surface area contributed by atoms with Crippen molar-refractivity contribution < 1.29 is 19.4 Å². The molecule has 1 aromatic rings. The molecule has 26 heavy (non-hydrogen) atoms. The largest absolute Gasteiger partial charge is 0.388 e. The summed E-state index contributed by atoms with van der Waals surface area (Å²) in [6.45, 7) is 6.05. The molecule has 1 aliphatic rings. The van der Waals surface area contributed by atoms with E-state index < -0.39 is 6.10 Å². The summed E-state index contributed by atoms with van der Waals surface area (Å²) in [4.78, 5) is 26.5. The van der Waals surface area contributed by atoms with Crippen molar-refractivity contribution in [2.24, 2.45) is 11.8 Å². The molecule has 1 heterocycles. The molecule has 2 rings (SSSR count). The molecule has 0 bridgehead atoms. The second-order valence-electron chi connectivity index (χ2n) is 7.41. The van der Waals surface area contributed by atoms with Crippen molar-refractivity contribution in [3.8, 4) is 0 Å². The number of ether oxygens (including phenoxy) is 1. The first-order valence-corrected chi connectivity index (χ1v) is 9.42. The molecular weight excluding hydrogens is 330 g/mol. The number of ketones is 1. The van der Waals surface area contributed by atoms with Gasteiger partial charge in [-0.2, -0.15) is 0 Å². The monoisotopic (exact) mass is 361 g/mol. The standard InChI is InChI=1S/C21H31NO4/c1-14(20(25)17-9-6-5-7-10-17)13-19(24)15(2)21(26-4)18-11-8-12-22(18)16(3)23/h5-7,9-10,14-15,18,20-21,25H,8,11-13H2,1-4H3/t14-,15-,18-,20+,21+/m0/s1. The van der Waals surface area contributed by atoms with Crippen LogP contribution in [-0.2, 0) is 14.3 Å². The molecule has 0 spiro atoms. The van der Waals surface area contributed by atoms with Crippen LogP contribution in [0.4, 0.5) is 0 Å². The lowest BCUT2D eigenvalue weighted by Gasteiger charge is -2.33. The van der Waals surface area contributed by atoms with Crippen LogP contribution >= 0.6 is 0 Å². The van der Waals surface area contributed by atoms with Gasteiger partial charge in [-0.15, -0.1) is 0 Å². The fourth-order valence-electron chi connectivity index (χ4n) is 4.00. The zero-order valence-corrected chi connectivity index (χ0v) is 16.2. The summed E-state index contributed by atoms with van der Waals surface area (Å²) in [6.07, 6.45) is 1.10. The van der Waals surface area contributed by atoms with Gasteiger partial charge in [0.2, 0.25) is 5.91 Å². The predicted molar refractivity (Wildman–Crippen MR) is 101 cm³/mol. The van der Waals surface area contributed by atoms with E-state index in [9.17, 15) is 14.7 Å². The van der Waals surface area contributed by atoms with E-state index in [1.165, 1.54) is 0 Å². The van der Waals surface area contributed by atoms with Crippen molar-refractivity contribution in [2.45, 2.75) is 58.3 Å². The minimum atomic E-state index is -0.673. The third-order valence-electron chi connectivity index (χ3n) is 5.56. The van der Waals surface area contributed by atoms with Crippen LogP contribution in [0.5, 0.6) is 0 Å². The first kappa shape index (κ1) is 20.6. The lowest BCUT2D eigenvalue weighted by molar-refractivity contribution is -0.138. The summed E-state index contributed by atoms with van der Waals surface area (Å²) in [5, 5.41) is 10.5. The Morgan fingerprint density at radius 2 is 1.92 bits per heavy atom. The number of benzene rings is 1. The molecule has 1 N–H and O–H groups in total. The van der Waals surface area contributed by atoms with Crippen molar-refractivity contribution in [3.05, 3.63) is 35.9 Å². The van der Waals surface area contributed by atoms with Gasteiger partial charge in [0.25, 0.3) is 0 Å². The van der Waals surface area contributed by atoms with Crippen molar-refractivity contribution in [2.75, 3.05) is 13.7 Å². The molecule has 1 amide bonds. The Bertz CT molecular complexity index is 603. The van der Waals surface area contributed by atoms with E-state index in [1.54, 1.807) is 14.0 Å². The fraction of sp³-hybridized carbons (Fsp3) is 0.619. The van der Waals surface area contributed by atoms with Crippen LogP contribution in [0.1, 0.15) is 51.7 Å². The molecule has 1 fully saturated rings. The van der Waals surface area contributed by atoms with E-state index in [-0.39, 0.29) is 42.1 Å². The maximum absolute atomic E-state index is 12.8. The number of amides is 1. The van der Waals surface area contributed by atoms with Crippen LogP contribution in [0.15, 0.2) is 30.3 Å². The molecule has 0 aromatic heterocycles. The summed E-state index contributed by atoms with van der Waals surface area (Å²) in [7, 11) is 1.60. The van der Waals surface area contributed by atoms with Gasteiger partial charge < -0.3 is 14.7 Å². The summed E-state index contributed by atoms with van der Waals surface area (Å²) in [5.74, 6) is -0.412. The highest BCUT2D eigenvalue weighted by molar-refractivity contribution is 5.82. The Labute approximate surface area is 156 Å². The van der Waals surface area contributed by atoms with Crippen molar-refractivity contribution in [3.63, 3.8) is 0 Å². The lowest BCUT2D eigenvalue weighted by Crippen LogP contribution is -2.47. The quantitative estimate of drug-likeness (QED) is 0.773. The Morgan fingerprint density at radius 1 is 1.27 bits per heavy atom. The van der Waals surface area contributed by atoms with Crippen LogP contribution in [-0.4, -0.2) is 47.5 Å². The molecule has 5 atom stereocenters. The first-order chi connectivity index (χ1) is 12.4. The summed E-state index contributed by atoms with van der Waals surface area (Å²) in [6, 6.07) is 9.36. The number of carbonyl (C=O) groups excluding carboxylic acids is 2. The van der Waals surface area contributed by atoms with Crippen LogP contribution in [0, 0.1) is 11.8 Å². The van der Waals surface area contributed by atoms with Gasteiger partial charge in [0, 0.05) is 32.9 Å². The fourth-order valence-corrected chi connectivity index (χ4v) is 4.00. The van der Waals surface area contributed by atoms with Crippen LogP contribution < -0.4 is 0 Å². The van der Waals surface area contributed by atoms with E-state index in [4.69, 9.17) is 4.74 Å². The van der Waals surface area contributed by atoms with E-state index in [1.807, 2.05) is 49.1 Å². The Morgan fingerprint density at radius 3 is 2.50 bits per heavy atom. The number of hydrogen-bond donors (Lipinski definition) is 1. The van der Waals surface area contributed by atoms with Crippen LogP contribution in [0.25, 0.3) is 0 Å². The molecule has 1 aliphatic heterocycles. The smallest absolute Gasteiger partial charge is 0.219 e. The molecule has 0 aliphatic carbocycles. The maximum atomic E-state index is 12.8. The Kier molecular flexibility index (Phi) is 7.35. The van der Waals surface area contributed by atoms with Gasteiger partial charge in [-0.05, 0) is 24.3 Å². The van der Waals surface area contributed by atoms with Gasteiger partial charge >= 0.3 is 0 Å². The second kappa shape index (κ2) is 9.28. The highest BCUT2D eigenvalue weighted by atomic mass is 16.5. The molecule has 5 heteroatoms. The van der Waals surface area contributed by atoms with Crippen LogP contribution in [0.2, 0.25) is 0 Å². The molecule has 1 aromatic carbocycles. The minimum Gasteiger partial charge on any atom is -0.388 e. The topological polar surface area (TPSA) is 66.8 Å². The average Bonchev–Trinajstić information content (AvgIpc) is 3.12. The van der Waals surface area contributed by atoms with Gasteiger partial charge in [-0.1, -0.05) is 44.2 Å². The summed E-state index contributed by atoms with van der Waals surface area (Å²) >= 11 is 0. The Hall–Kier alpha value is -1.72. The Balaban J connectivity index is 2.01. The number of nitrogens with zero attached hydrogens (tertiary/aromatic N) is 1. The van der Waals surface area contributed by atoms with Gasteiger partial charge in [0.1, 0.15) is 5.78 Å². The predicted octanol–water partition coefficient (Wildman–Crippen LogP) is 2.98.